The Morgan fingerprint density at radius 3 is 2.85 bits per heavy atom. The highest BCUT2D eigenvalue weighted by molar-refractivity contribution is 7.10. The van der Waals surface area contributed by atoms with E-state index in [2.05, 4.69) is 4.90 Å². The summed E-state index contributed by atoms with van der Waals surface area (Å²) in [5.41, 5.74) is 0.408. The fraction of sp³-hybridized carbons (Fsp3) is 0.533. The Labute approximate surface area is 123 Å². The van der Waals surface area contributed by atoms with E-state index in [0.29, 0.717) is 6.54 Å². The van der Waals surface area contributed by atoms with Gasteiger partial charge in [-0.05, 0) is 43.0 Å². The lowest BCUT2D eigenvalue weighted by atomic mass is 10.0. The van der Waals surface area contributed by atoms with E-state index >= 15 is 0 Å². The van der Waals surface area contributed by atoms with Gasteiger partial charge in [-0.3, -0.25) is 4.90 Å². The van der Waals surface area contributed by atoms with Crippen LogP contribution in [-0.2, 0) is 11.3 Å². The van der Waals surface area contributed by atoms with Crippen LogP contribution in [0.25, 0.3) is 6.08 Å². The molecule has 4 nitrogen and oxygen atoms in total. The van der Waals surface area contributed by atoms with Gasteiger partial charge in [-0.25, -0.2) is 4.79 Å². The van der Waals surface area contributed by atoms with Gasteiger partial charge in [0.05, 0.1) is 5.60 Å². The van der Waals surface area contributed by atoms with Gasteiger partial charge in [-0.15, -0.1) is 11.3 Å². The summed E-state index contributed by atoms with van der Waals surface area (Å²) in [6, 6.07) is 1.93. The Balaban J connectivity index is 1.96. The maximum atomic E-state index is 10.6. The number of thiophene rings is 1. The molecule has 20 heavy (non-hydrogen) atoms. The largest absolute Gasteiger partial charge is 0.478 e. The lowest BCUT2D eigenvalue weighted by Crippen LogP contribution is -2.38. The first-order valence-corrected chi connectivity index (χ1v) is 7.75. The first-order chi connectivity index (χ1) is 9.48. The SMILES string of the molecule is CN(Cc1sccc1/C=C/C(=O)O)CC1(O)CCCC1. The lowest BCUT2D eigenvalue weighted by molar-refractivity contribution is -0.131. The van der Waals surface area contributed by atoms with E-state index in [4.69, 9.17) is 5.11 Å². The summed E-state index contributed by atoms with van der Waals surface area (Å²) in [5.74, 6) is -0.934. The molecule has 2 rings (SSSR count). The molecule has 0 bridgehead atoms. The molecule has 5 heteroatoms. The number of aliphatic carboxylic acids is 1. The molecule has 0 unspecified atom stereocenters. The third-order valence-corrected chi connectivity index (χ3v) is 4.62. The lowest BCUT2D eigenvalue weighted by Gasteiger charge is -2.28. The standard InChI is InChI=1S/C15H21NO3S/c1-16(11-15(19)7-2-3-8-15)10-13-12(6-9-20-13)4-5-14(17)18/h4-6,9,19H,2-3,7-8,10-11H2,1H3,(H,17,18)/b5-4+. The molecule has 1 aliphatic rings. The van der Waals surface area contributed by atoms with Gasteiger partial charge in [0.2, 0.25) is 0 Å². The van der Waals surface area contributed by atoms with E-state index in [0.717, 1.165) is 48.7 Å². The predicted molar refractivity (Wildman–Crippen MR) is 80.7 cm³/mol. The average molecular weight is 295 g/mol. The second-order valence-corrected chi connectivity index (χ2v) is 6.58. The minimum absolute atomic E-state index is 0.539. The maximum absolute atomic E-state index is 10.6. The molecule has 1 aliphatic carbocycles. The molecule has 1 saturated carbocycles. The maximum Gasteiger partial charge on any atom is 0.328 e. The van der Waals surface area contributed by atoms with Crippen molar-refractivity contribution in [1.82, 2.24) is 4.90 Å². The third-order valence-electron chi connectivity index (χ3n) is 3.70. The van der Waals surface area contributed by atoms with Crippen molar-refractivity contribution in [3.63, 3.8) is 0 Å². The summed E-state index contributed by atoms with van der Waals surface area (Å²) in [7, 11) is 2.00. The van der Waals surface area contributed by atoms with Crippen LogP contribution >= 0.6 is 11.3 Å². The van der Waals surface area contributed by atoms with Gasteiger partial charge >= 0.3 is 5.97 Å². The van der Waals surface area contributed by atoms with Crippen LogP contribution in [0.15, 0.2) is 17.5 Å². The third kappa shape index (κ3) is 4.16. The number of carbonyl (C=O) groups is 1. The quantitative estimate of drug-likeness (QED) is 0.792. The van der Waals surface area contributed by atoms with Gasteiger partial charge < -0.3 is 10.2 Å². The molecule has 1 aromatic heterocycles. The minimum Gasteiger partial charge on any atom is -0.478 e. The van der Waals surface area contributed by atoms with E-state index in [1.807, 2.05) is 18.5 Å². The Hall–Kier alpha value is -1.17. The molecule has 0 saturated heterocycles. The second kappa shape index (κ2) is 6.52. The Kier molecular flexibility index (Phi) is 4.96. The van der Waals surface area contributed by atoms with Gasteiger partial charge in [0.15, 0.2) is 0 Å². The van der Waals surface area contributed by atoms with Crippen molar-refractivity contribution in [2.75, 3.05) is 13.6 Å². The summed E-state index contributed by atoms with van der Waals surface area (Å²) in [6.45, 7) is 1.41. The van der Waals surface area contributed by atoms with E-state index in [1.54, 1.807) is 17.4 Å². The Morgan fingerprint density at radius 1 is 1.50 bits per heavy atom. The summed E-state index contributed by atoms with van der Waals surface area (Å²) >= 11 is 1.62. The zero-order valence-corrected chi connectivity index (χ0v) is 12.5. The van der Waals surface area contributed by atoms with Crippen molar-refractivity contribution in [2.24, 2.45) is 0 Å². The Morgan fingerprint density at radius 2 is 2.20 bits per heavy atom. The van der Waals surface area contributed by atoms with Gasteiger partial charge in [-0.1, -0.05) is 12.8 Å². The van der Waals surface area contributed by atoms with Gasteiger partial charge in [0, 0.05) is 24.0 Å². The summed E-state index contributed by atoms with van der Waals surface area (Å²) in [4.78, 5) is 13.8. The first kappa shape index (κ1) is 15.2. The smallest absolute Gasteiger partial charge is 0.328 e. The summed E-state index contributed by atoms with van der Waals surface area (Å²) in [5, 5.41) is 21.1. The minimum atomic E-state index is -0.934. The number of carboxylic acid groups (broad SMARTS) is 1. The molecule has 0 spiro atoms. The predicted octanol–water partition coefficient (Wildman–Crippen LogP) is 2.58. The molecule has 1 heterocycles. The molecule has 1 aromatic rings. The monoisotopic (exact) mass is 295 g/mol. The van der Waals surface area contributed by atoms with E-state index < -0.39 is 11.6 Å². The van der Waals surface area contributed by atoms with Gasteiger partial charge in [0.1, 0.15) is 0 Å². The van der Waals surface area contributed by atoms with Crippen molar-refractivity contribution in [3.8, 4) is 0 Å². The topological polar surface area (TPSA) is 60.8 Å². The van der Waals surface area contributed by atoms with Crippen molar-refractivity contribution < 1.29 is 15.0 Å². The molecule has 0 aromatic carbocycles. The number of nitrogens with zero attached hydrogens (tertiary/aromatic N) is 1. The van der Waals surface area contributed by atoms with E-state index in [9.17, 15) is 9.90 Å². The van der Waals surface area contributed by atoms with Crippen LogP contribution in [-0.4, -0.2) is 40.3 Å². The summed E-state index contributed by atoms with van der Waals surface area (Å²) in [6.07, 6.45) is 6.77. The molecular weight excluding hydrogens is 274 g/mol. The van der Waals surface area contributed by atoms with Crippen LogP contribution in [0.4, 0.5) is 0 Å². The average Bonchev–Trinajstić information content (AvgIpc) is 2.96. The van der Waals surface area contributed by atoms with Crippen molar-refractivity contribution in [1.29, 1.82) is 0 Å². The first-order valence-electron chi connectivity index (χ1n) is 6.87. The van der Waals surface area contributed by atoms with Crippen molar-refractivity contribution >= 4 is 23.4 Å². The number of hydrogen-bond donors (Lipinski definition) is 2. The van der Waals surface area contributed by atoms with Crippen LogP contribution < -0.4 is 0 Å². The van der Waals surface area contributed by atoms with Crippen LogP contribution in [0.3, 0.4) is 0 Å². The highest BCUT2D eigenvalue weighted by Gasteiger charge is 2.32. The molecule has 0 amide bonds. The zero-order valence-electron chi connectivity index (χ0n) is 11.7. The van der Waals surface area contributed by atoms with E-state index in [-0.39, 0.29) is 0 Å². The normalized spacial score (nSPS) is 18.1. The highest BCUT2D eigenvalue weighted by Crippen LogP contribution is 2.30. The van der Waals surface area contributed by atoms with Crippen molar-refractivity contribution in [2.45, 2.75) is 37.8 Å². The molecule has 2 N–H and O–H groups in total. The number of likely N-dealkylation sites (N-methyl/N-ethyl adjacent to an activating group) is 1. The number of hydrogen-bond acceptors (Lipinski definition) is 4. The molecule has 1 fully saturated rings. The molecule has 0 radical (unpaired) electrons. The van der Waals surface area contributed by atoms with Crippen LogP contribution in [0.2, 0.25) is 0 Å². The Bertz CT molecular complexity index is 489. The van der Waals surface area contributed by atoms with Crippen LogP contribution in [0.1, 0.15) is 36.1 Å². The van der Waals surface area contributed by atoms with Gasteiger partial charge in [0.25, 0.3) is 0 Å². The molecule has 0 atom stereocenters. The fourth-order valence-corrected chi connectivity index (χ4v) is 3.73. The number of rotatable bonds is 6. The second-order valence-electron chi connectivity index (χ2n) is 5.57. The highest BCUT2D eigenvalue weighted by atomic mass is 32.1. The molecule has 110 valence electrons. The molecular formula is C15H21NO3S. The van der Waals surface area contributed by atoms with Crippen LogP contribution in [0.5, 0.6) is 0 Å². The zero-order chi connectivity index (χ0) is 14.6. The number of carboxylic acids is 1. The van der Waals surface area contributed by atoms with E-state index in [1.165, 1.54) is 0 Å². The number of aliphatic hydroxyl groups is 1. The fourth-order valence-electron chi connectivity index (χ4n) is 2.78. The van der Waals surface area contributed by atoms with Crippen molar-refractivity contribution in [3.05, 3.63) is 28.0 Å². The van der Waals surface area contributed by atoms with Crippen LogP contribution in [0, 0.1) is 0 Å². The van der Waals surface area contributed by atoms with Gasteiger partial charge in [-0.2, -0.15) is 0 Å². The summed E-state index contributed by atoms with van der Waals surface area (Å²) < 4.78 is 0. The molecule has 0 aliphatic heterocycles.